The van der Waals surface area contributed by atoms with Gasteiger partial charge in [0.15, 0.2) is 11.5 Å². The van der Waals surface area contributed by atoms with Crippen LogP contribution in [0.25, 0.3) is 10.9 Å². The van der Waals surface area contributed by atoms with Crippen LogP contribution in [-0.4, -0.2) is 55.9 Å². The fraction of sp³-hybridized carbons (Fsp3) is 0.577. The highest BCUT2D eigenvalue weighted by Crippen LogP contribution is 2.48. The summed E-state index contributed by atoms with van der Waals surface area (Å²) in [5.41, 5.74) is 4.36. The van der Waals surface area contributed by atoms with Gasteiger partial charge in [0, 0.05) is 47.6 Å². The molecule has 1 saturated heterocycles. The van der Waals surface area contributed by atoms with Gasteiger partial charge in [-0.25, -0.2) is 4.79 Å². The van der Waals surface area contributed by atoms with Gasteiger partial charge >= 0.3 is 5.97 Å². The average molecular weight is 491 g/mol. The van der Waals surface area contributed by atoms with Gasteiger partial charge in [-0.05, 0) is 37.8 Å². The first-order chi connectivity index (χ1) is 16.0. The van der Waals surface area contributed by atoms with E-state index in [4.69, 9.17) is 18.9 Å². The first-order valence-electron chi connectivity index (χ1n) is 12.1. The summed E-state index contributed by atoms with van der Waals surface area (Å²) in [6, 6.07) is 4.34. The molecular formula is C26H35ClN2O5. The van der Waals surface area contributed by atoms with E-state index in [9.17, 15) is 4.79 Å². The van der Waals surface area contributed by atoms with Crippen molar-refractivity contribution < 1.29 is 23.7 Å². The van der Waals surface area contributed by atoms with Crippen LogP contribution in [0.2, 0.25) is 0 Å². The largest absolute Gasteiger partial charge is 0.497 e. The number of rotatable bonds is 6. The van der Waals surface area contributed by atoms with Crippen molar-refractivity contribution in [3.63, 3.8) is 0 Å². The van der Waals surface area contributed by atoms with Gasteiger partial charge in [-0.1, -0.05) is 13.3 Å². The minimum atomic E-state index is -0.221. The Kier molecular flexibility index (Phi) is 7.33. The van der Waals surface area contributed by atoms with Crippen LogP contribution in [0.5, 0.6) is 11.5 Å². The molecule has 4 atom stereocenters. The molecule has 3 aliphatic heterocycles. The number of hydrogen-bond acceptors (Lipinski definition) is 6. The van der Waals surface area contributed by atoms with E-state index in [0.717, 1.165) is 55.8 Å². The van der Waals surface area contributed by atoms with E-state index >= 15 is 0 Å². The van der Waals surface area contributed by atoms with Crippen molar-refractivity contribution in [2.45, 2.75) is 51.7 Å². The molecule has 1 fully saturated rings. The van der Waals surface area contributed by atoms with Gasteiger partial charge in [0.2, 0.25) is 0 Å². The number of piperidine rings is 1. The van der Waals surface area contributed by atoms with Gasteiger partial charge in [-0.2, -0.15) is 0 Å². The maximum Gasteiger partial charge on any atom is 0.337 e. The Hall–Kier alpha value is -2.38. The van der Waals surface area contributed by atoms with Crippen molar-refractivity contribution in [2.75, 3.05) is 33.9 Å². The molecule has 34 heavy (non-hydrogen) atoms. The zero-order valence-electron chi connectivity index (χ0n) is 20.4. The molecule has 1 N–H and O–H groups in total. The molecule has 3 aliphatic rings. The van der Waals surface area contributed by atoms with Crippen LogP contribution in [0.4, 0.5) is 0 Å². The molecule has 0 bridgehead atoms. The van der Waals surface area contributed by atoms with Crippen LogP contribution in [-0.2, 0) is 20.7 Å². The molecule has 0 amide bonds. The van der Waals surface area contributed by atoms with Crippen molar-refractivity contribution in [1.82, 2.24) is 9.88 Å². The highest BCUT2D eigenvalue weighted by atomic mass is 35.5. The molecular weight excluding hydrogens is 456 g/mol. The Labute approximate surface area is 207 Å². The monoisotopic (exact) mass is 490 g/mol. The maximum atomic E-state index is 12.9. The molecule has 7 nitrogen and oxygen atoms in total. The van der Waals surface area contributed by atoms with E-state index in [2.05, 4.69) is 29.8 Å². The second-order valence-corrected chi connectivity index (χ2v) is 9.44. The fourth-order valence-electron chi connectivity index (χ4n) is 5.84. The lowest BCUT2D eigenvalue weighted by Crippen LogP contribution is -2.51. The lowest BCUT2D eigenvalue weighted by atomic mass is 9.72. The van der Waals surface area contributed by atoms with Crippen molar-refractivity contribution >= 4 is 29.3 Å². The molecule has 8 heteroatoms. The number of aromatic amines is 1. The number of carbonyl (C=O) groups excluding carboxylic acids is 1. The number of methoxy groups -OCH3 is 2. The zero-order valence-corrected chi connectivity index (χ0v) is 21.2. The second-order valence-electron chi connectivity index (χ2n) is 9.44. The molecule has 4 heterocycles. The third kappa shape index (κ3) is 4.13. The molecule has 186 valence electrons. The molecule has 5 rings (SSSR count). The van der Waals surface area contributed by atoms with Crippen molar-refractivity contribution in [3.8, 4) is 11.5 Å². The third-order valence-corrected chi connectivity index (χ3v) is 7.68. The van der Waals surface area contributed by atoms with Crippen LogP contribution < -0.4 is 9.47 Å². The van der Waals surface area contributed by atoms with E-state index in [1.165, 1.54) is 16.6 Å². The lowest BCUT2D eigenvalue weighted by molar-refractivity contribution is -0.142. The summed E-state index contributed by atoms with van der Waals surface area (Å²) in [7, 11) is 3.33. The highest BCUT2D eigenvalue weighted by Gasteiger charge is 2.47. The maximum absolute atomic E-state index is 12.9. The Balaban J connectivity index is 0.00000274. The molecule has 2 unspecified atom stereocenters. The van der Waals surface area contributed by atoms with Crippen LogP contribution >= 0.6 is 12.4 Å². The van der Waals surface area contributed by atoms with Gasteiger partial charge < -0.3 is 23.9 Å². The summed E-state index contributed by atoms with van der Waals surface area (Å²) in [6.45, 7) is 6.58. The van der Waals surface area contributed by atoms with E-state index in [1.54, 1.807) is 20.5 Å². The Morgan fingerprint density at radius 2 is 2.00 bits per heavy atom. The topological polar surface area (TPSA) is 73.0 Å². The van der Waals surface area contributed by atoms with E-state index in [0.29, 0.717) is 12.2 Å². The van der Waals surface area contributed by atoms with Crippen LogP contribution in [0.3, 0.4) is 0 Å². The van der Waals surface area contributed by atoms with Crippen molar-refractivity contribution in [2.24, 2.45) is 11.8 Å². The van der Waals surface area contributed by atoms with Gasteiger partial charge in [0.25, 0.3) is 0 Å². The van der Waals surface area contributed by atoms with Gasteiger partial charge in [0.05, 0.1) is 44.8 Å². The number of nitrogens with zero attached hydrogens (tertiary/aromatic N) is 1. The van der Waals surface area contributed by atoms with Gasteiger partial charge in [-0.15, -0.1) is 12.4 Å². The summed E-state index contributed by atoms with van der Waals surface area (Å²) in [5.74, 6) is 1.66. The summed E-state index contributed by atoms with van der Waals surface area (Å²) in [5, 5.41) is 1.19. The summed E-state index contributed by atoms with van der Waals surface area (Å²) in [6.07, 6.45) is 5.49. The predicted molar refractivity (Wildman–Crippen MR) is 133 cm³/mol. The minimum Gasteiger partial charge on any atom is -0.497 e. The number of aromatic nitrogens is 1. The summed E-state index contributed by atoms with van der Waals surface area (Å²) in [4.78, 5) is 19.1. The highest BCUT2D eigenvalue weighted by molar-refractivity contribution is 5.90. The third-order valence-electron chi connectivity index (χ3n) is 7.68. The smallest absolute Gasteiger partial charge is 0.337 e. The average Bonchev–Trinajstić information content (AvgIpc) is 3.20. The first-order valence-corrected chi connectivity index (χ1v) is 12.1. The Bertz CT molecular complexity index is 1080. The number of hydrogen-bond donors (Lipinski definition) is 1. The molecule has 0 radical (unpaired) electrons. The fourth-order valence-corrected chi connectivity index (χ4v) is 5.84. The zero-order chi connectivity index (χ0) is 23.1. The predicted octanol–water partition coefficient (Wildman–Crippen LogP) is 4.79. The molecule has 1 aromatic heterocycles. The Morgan fingerprint density at radius 1 is 1.24 bits per heavy atom. The van der Waals surface area contributed by atoms with E-state index < -0.39 is 0 Å². The SMILES string of the molecule is CCCCOC(=O)C1=CO[C@@H](C)[C@H]2CN3CCc4c([nH]c5cc(OC)c(OC)cc45)C3CC12.Cl. The van der Waals surface area contributed by atoms with E-state index in [1.807, 2.05) is 6.07 Å². The standard InChI is InChI=1S/C26H34N2O5.ClH/c1-5-6-9-32-26(29)20-14-33-15(2)19-13-28-8-7-16-18-11-23(30-3)24(31-4)12-21(18)27-25(16)22(28)10-17(19)20;/h11-12,14-15,17,19,22,27H,5-10,13H2,1-4H3;1H/t15-,17?,19+,22?;/m0./s1. The molecule has 0 saturated carbocycles. The number of benzene rings is 1. The quantitative estimate of drug-likeness (QED) is 0.463. The van der Waals surface area contributed by atoms with Gasteiger partial charge in [0.1, 0.15) is 0 Å². The number of H-pyrrole nitrogens is 1. The number of nitrogens with one attached hydrogen (secondary N) is 1. The van der Waals surface area contributed by atoms with Crippen molar-refractivity contribution in [1.29, 1.82) is 0 Å². The van der Waals surface area contributed by atoms with Crippen LogP contribution in [0, 0.1) is 11.8 Å². The number of unbranched alkanes of at least 4 members (excludes halogenated alkanes) is 1. The number of halogens is 1. The summed E-state index contributed by atoms with van der Waals surface area (Å²) >= 11 is 0. The normalized spacial score (nSPS) is 25.7. The summed E-state index contributed by atoms with van der Waals surface area (Å²) < 4.78 is 22.6. The minimum absolute atomic E-state index is 0. The number of fused-ring (bicyclic) bond motifs is 6. The number of ether oxygens (including phenoxy) is 4. The van der Waals surface area contributed by atoms with Gasteiger partial charge in [-0.3, -0.25) is 4.90 Å². The second kappa shape index (κ2) is 10.1. The Morgan fingerprint density at radius 3 is 2.74 bits per heavy atom. The molecule has 0 spiro atoms. The first kappa shape index (κ1) is 24.7. The van der Waals surface area contributed by atoms with E-state index in [-0.39, 0.29) is 42.4 Å². The number of carbonyl (C=O) groups is 1. The molecule has 1 aromatic carbocycles. The lowest BCUT2D eigenvalue weighted by Gasteiger charge is -2.49. The molecule has 0 aliphatic carbocycles. The van der Waals surface area contributed by atoms with Crippen LogP contribution in [0.1, 0.15) is 50.4 Å². The molecule has 2 aromatic rings. The van der Waals surface area contributed by atoms with Crippen LogP contribution in [0.15, 0.2) is 24.0 Å². The van der Waals surface area contributed by atoms with Crippen molar-refractivity contribution in [3.05, 3.63) is 35.2 Å². The number of esters is 1.